The Bertz CT molecular complexity index is 1520. The molecule has 1 aliphatic rings. The fourth-order valence-corrected chi connectivity index (χ4v) is 7.74. The van der Waals surface area contributed by atoms with Crippen molar-refractivity contribution in [2.75, 3.05) is 20.6 Å². The fourth-order valence-electron chi connectivity index (χ4n) is 7.74. The van der Waals surface area contributed by atoms with Crippen molar-refractivity contribution in [3.63, 3.8) is 0 Å². The molecule has 2 N–H and O–H groups in total. The molecule has 2 amide bonds. The van der Waals surface area contributed by atoms with Crippen LogP contribution in [0.15, 0.2) is 60.7 Å². The number of aryl methyl sites for hydroxylation is 1. The van der Waals surface area contributed by atoms with E-state index in [0.717, 1.165) is 49.8 Å². The van der Waals surface area contributed by atoms with E-state index in [4.69, 9.17) is 0 Å². The van der Waals surface area contributed by atoms with Gasteiger partial charge in [-0.3, -0.25) is 24.0 Å². The Hall–Kier alpha value is -3.65. The number of nitrogens with one attached hydrogen (secondary N) is 2. The van der Waals surface area contributed by atoms with Gasteiger partial charge in [0.25, 0.3) is 0 Å². The summed E-state index contributed by atoms with van der Waals surface area (Å²) in [4.78, 5) is 71.6. The van der Waals surface area contributed by atoms with Gasteiger partial charge in [0.15, 0.2) is 11.6 Å². The third kappa shape index (κ3) is 18.7. The molecular weight excluding hydrogens is 711 g/mol. The molecule has 1 saturated carbocycles. The Kier molecular flexibility index (Phi) is 20.9. The molecule has 0 aromatic heterocycles. The lowest BCUT2D eigenvalue weighted by Gasteiger charge is -2.27. The Morgan fingerprint density at radius 1 is 0.649 bits per heavy atom. The molecule has 57 heavy (non-hydrogen) atoms. The summed E-state index contributed by atoms with van der Waals surface area (Å²) in [6.07, 6.45) is 12.4. The molecular formula is C49H75N3O5. The minimum absolute atomic E-state index is 0.0679. The minimum Gasteiger partial charge on any atom is -0.346 e. The molecule has 0 saturated heterocycles. The third-order valence-corrected chi connectivity index (χ3v) is 11.5. The van der Waals surface area contributed by atoms with Crippen molar-refractivity contribution < 1.29 is 24.0 Å². The van der Waals surface area contributed by atoms with Crippen molar-refractivity contribution in [1.82, 2.24) is 15.5 Å². The predicted molar refractivity (Wildman–Crippen MR) is 232 cm³/mol. The second-order valence-electron chi connectivity index (χ2n) is 18.4. The normalized spacial score (nSPS) is 15.5. The number of benzene rings is 2. The fraction of sp³-hybridized carbons (Fsp3) is 0.653. The molecule has 316 valence electrons. The highest BCUT2D eigenvalue weighted by Crippen LogP contribution is 2.47. The topological polar surface area (TPSA) is 113 Å². The number of nitrogens with zero attached hydrogens (tertiary/aromatic N) is 1. The van der Waals surface area contributed by atoms with E-state index in [-0.39, 0.29) is 53.8 Å². The average molecular weight is 786 g/mol. The molecule has 0 radical (unpaired) electrons. The van der Waals surface area contributed by atoms with Gasteiger partial charge in [-0.2, -0.15) is 0 Å². The highest BCUT2D eigenvalue weighted by atomic mass is 16.2. The van der Waals surface area contributed by atoms with Crippen LogP contribution in [0.2, 0.25) is 0 Å². The van der Waals surface area contributed by atoms with Crippen LogP contribution in [0.4, 0.5) is 0 Å². The summed E-state index contributed by atoms with van der Waals surface area (Å²) in [5.74, 6) is -1.60. The molecule has 8 heteroatoms. The van der Waals surface area contributed by atoms with Crippen LogP contribution in [-0.4, -0.2) is 66.8 Å². The molecule has 1 fully saturated rings. The Morgan fingerprint density at radius 3 is 1.72 bits per heavy atom. The molecule has 1 aliphatic carbocycles. The van der Waals surface area contributed by atoms with Crippen LogP contribution >= 0.6 is 0 Å². The number of hydrogen-bond acceptors (Lipinski definition) is 6. The molecule has 8 nitrogen and oxygen atoms in total. The standard InChI is InChI=1S/C49H75N3O5/c1-36(2)31-43(45(54)35-41(33-39-23-17-14-18-24-39)48(57)51-44(32-37(3)4)46(55)49(5)28-29-49)50-47(56)40(27-26-38-21-15-13-16-22-38)34-42(53)25-19-11-9-8-10-12-20-30-52(6)7/h13-18,21-24,36-37,40-41,43-44H,8-12,19-20,25-35H2,1-7H3,(H,50,56)(H,51,57)/t40-,41-,43+,44+/m1/s1. The van der Waals surface area contributed by atoms with Crippen LogP contribution in [0.3, 0.4) is 0 Å². The van der Waals surface area contributed by atoms with Crippen LogP contribution in [0, 0.1) is 29.1 Å². The first-order valence-electron chi connectivity index (χ1n) is 22.1. The molecule has 0 spiro atoms. The minimum atomic E-state index is -0.797. The van der Waals surface area contributed by atoms with Crippen LogP contribution < -0.4 is 10.6 Å². The number of carbonyl (C=O) groups excluding carboxylic acids is 5. The number of ketones is 3. The number of carbonyl (C=O) groups is 5. The SMILES string of the molecule is CC(C)C[C@H](NC(=O)[C@H](CCc1ccccc1)CC(=O)CCCCCCCCCN(C)C)C(=O)C[C@@H](Cc1ccccc1)C(=O)N[C@@H](CC(C)C)C(=O)C1(C)CC1. The van der Waals surface area contributed by atoms with E-state index in [9.17, 15) is 24.0 Å². The van der Waals surface area contributed by atoms with Crippen molar-refractivity contribution in [1.29, 1.82) is 0 Å². The van der Waals surface area contributed by atoms with E-state index in [1.165, 1.54) is 25.7 Å². The summed E-state index contributed by atoms with van der Waals surface area (Å²) < 4.78 is 0. The number of Topliss-reactive ketones (excluding diaryl/α,β-unsaturated/α-hetero) is 3. The summed E-state index contributed by atoms with van der Waals surface area (Å²) in [7, 11) is 4.21. The maximum atomic E-state index is 14.3. The van der Waals surface area contributed by atoms with E-state index in [1.807, 2.05) is 95.3 Å². The van der Waals surface area contributed by atoms with Gasteiger partial charge in [0.2, 0.25) is 11.8 Å². The summed E-state index contributed by atoms with van der Waals surface area (Å²) in [5, 5.41) is 6.17. The molecule has 0 unspecified atom stereocenters. The zero-order valence-corrected chi connectivity index (χ0v) is 36.5. The molecule has 4 atom stereocenters. The number of unbranched alkanes of at least 4 members (excludes halogenated alkanes) is 6. The highest BCUT2D eigenvalue weighted by Gasteiger charge is 2.48. The lowest BCUT2D eigenvalue weighted by molar-refractivity contribution is -0.135. The van der Waals surface area contributed by atoms with Gasteiger partial charge in [-0.1, -0.05) is 127 Å². The first kappa shape index (κ1) is 47.7. The molecule has 0 bridgehead atoms. The monoisotopic (exact) mass is 786 g/mol. The van der Waals surface area contributed by atoms with E-state index >= 15 is 0 Å². The number of rotatable bonds is 30. The predicted octanol–water partition coefficient (Wildman–Crippen LogP) is 9.13. The van der Waals surface area contributed by atoms with Gasteiger partial charge in [0.05, 0.1) is 12.1 Å². The van der Waals surface area contributed by atoms with E-state index in [2.05, 4.69) is 29.6 Å². The summed E-state index contributed by atoms with van der Waals surface area (Å²) in [6, 6.07) is 18.2. The van der Waals surface area contributed by atoms with Gasteiger partial charge in [-0.25, -0.2) is 0 Å². The zero-order valence-electron chi connectivity index (χ0n) is 36.5. The maximum absolute atomic E-state index is 14.3. The van der Waals surface area contributed by atoms with Gasteiger partial charge in [0, 0.05) is 36.5 Å². The highest BCUT2D eigenvalue weighted by molar-refractivity contribution is 5.97. The van der Waals surface area contributed by atoms with Crippen LogP contribution in [0.1, 0.15) is 142 Å². The van der Waals surface area contributed by atoms with Gasteiger partial charge in [0.1, 0.15) is 5.78 Å². The Labute approximate surface area is 345 Å². The van der Waals surface area contributed by atoms with Gasteiger partial charge >= 0.3 is 0 Å². The van der Waals surface area contributed by atoms with Crippen LogP contribution in [0.25, 0.3) is 0 Å². The van der Waals surface area contributed by atoms with Crippen molar-refractivity contribution in [2.24, 2.45) is 29.1 Å². The van der Waals surface area contributed by atoms with Gasteiger partial charge in [-0.15, -0.1) is 0 Å². The first-order valence-corrected chi connectivity index (χ1v) is 22.1. The molecule has 3 rings (SSSR count). The van der Waals surface area contributed by atoms with E-state index in [0.29, 0.717) is 38.5 Å². The second kappa shape index (κ2) is 25.0. The zero-order chi connectivity index (χ0) is 41.8. The summed E-state index contributed by atoms with van der Waals surface area (Å²) in [5.41, 5.74) is 1.63. The second-order valence-corrected chi connectivity index (χ2v) is 18.4. The molecule has 2 aromatic rings. The van der Waals surface area contributed by atoms with E-state index < -0.39 is 29.3 Å². The molecule has 0 aliphatic heterocycles. The number of hydrogen-bond donors (Lipinski definition) is 2. The van der Waals surface area contributed by atoms with Gasteiger partial charge < -0.3 is 15.5 Å². The van der Waals surface area contributed by atoms with Crippen molar-refractivity contribution in [3.05, 3.63) is 71.8 Å². The van der Waals surface area contributed by atoms with Gasteiger partial charge in [-0.05, 0) is 101 Å². The van der Waals surface area contributed by atoms with Crippen molar-refractivity contribution in [2.45, 2.75) is 156 Å². The molecule has 0 heterocycles. The third-order valence-electron chi connectivity index (χ3n) is 11.5. The summed E-state index contributed by atoms with van der Waals surface area (Å²) >= 11 is 0. The van der Waals surface area contributed by atoms with Crippen molar-refractivity contribution in [3.8, 4) is 0 Å². The smallest absolute Gasteiger partial charge is 0.224 e. The lowest BCUT2D eigenvalue weighted by Crippen LogP contribution is -2.49. The summed E-state index contributed by atoms with van der Waals surface area (Å²) in [6.45, 7) is 11.2. The number of amides is 2. The van der Waals surface area contributed by atoms with Crippen LogP contribution in [0.5, 0.6) is 0 Å². The maximum Gasteiger partial charge on any atom is 0.224 e. The average Bonchev–Trinajstić information content (AvgIpc) is 3.92. The first-order chi connectivity index (χ1) is 27.2. The van der Waals surface area contributed by atoms with Crippen molar-refractivity contribution >= 4 is 29.2 Å². The largest absolute Gasteiger partial charge is 0.346 e. The Balaban J connectivity index is 1.71. The van der Waals surface area contributed by atoms with Crippen LogP contribution in [-0.2, 0) is 36.8 Å². The quantitative estimate of drug-likeness (QED) is 0.0765. The molecule has 2 aromatic carbocycles. The lowest BCUT2D eigenvalue weighted by atomic mass is 9.87. The van der Waals surface area contributed by atoms with E-state index in [1.54, 1.807) is 0 Å². The Morgan fingerprint density at radius 2 is 1.16 bits per heavy atom.